The van der Waals surface area contributed by atoms with E-state index in [-0.39, 0.29) is 35.3 Å². The van der Waals surface area contributed by atoms with Gasteiger partial charge in [-0.1, -0.05) is 18.2 Å². The van der Waals surface area contributed by atoms with Crippen LogP contribution in [0.25, 0.3) is 22.6 Å². The largest absolute Gasteiger partial charge is 0.379 e. The highest BCUT2D eigenvalue weighted by Gasteiger charge is 2.34. The maximum atomic E-state index is 13.5. The second-order valence-electron chi connectivity index (χ2n) is 11.3. The number of hydrogen-bond acceptors (Lipinski definition) is 5. The first kappa shape index (κ1) is 27.7. The van der Waals surface area contributed by atoms with Crippen molar-refractivity contribution in [2.45, 2.75) is 56.6 Å². The molecule has 0 bridgehead atoms. The lowest BCUT2D eigenvalue weighted by Gasteiger charge is -2.39. The molecule has 2 fully saturated rings. The minimum absolute atomic E-state index is 0.0876. The van der Waals surface area contributed by atoms with Crippen molar-refractivity contribution in [3.63, 3.8) is 0 Å². The van der Waals surface area contributed by atoms with E-state index in [0.717, 1.165) is 35.7 Å². The molecule has 2 aromatic carbocycles. The number of nitrogens with zero attached hydrogens (tertiary/aromatic N) is 4. The first-order chi connectivity index (χ1) is 19.7. The van der Waals surface area contributed by atoms with Crippen molar-refractivity contribution >= 4 is 50.1 Å². The Hall–Kier alpha value is -3.47. The summed E-state index contributed by atoms with van der Waals surface area (Å²) in [5.74, 6) is -0.116. The summed E-state index contributed by atoms with van der Waals surface area (Å²) in [5.41, 5.74) is 3.38. The molecule has 0 radical (unpaired) electrons. The van der Waals surface area contributed by atoms with E-state index in [0.29, 0.717) is 43.1 Å². The number of aromatic nitrogens is 1. The molecule has 9 nitrogen and oxygen atoms in total. The molecule has 6 rings (SSSR count). The van der Waals surface area contributed by atoms with Crippen molar-refractivity contribution in [2.75, 3.05) is 38.3 Å². The molecule has 0 saturated carbocycles. The van der Waals surface area contributed by atoms with Crippen LogP contribution < -0.4 is 4.90 Å². The van der Waals surface area contributed by atoms with Gasteiger partial charge in [0, 0.05) is 66.0 Å². The minimum atomic E-state index is -3.73. The van der Waals surface area contributed by atoms with Crippen molar-refractivity contribution in [1.29, 1.82) is 0 Å². The molecule has 2 amide bonds. The van der Waals surface area contributed by atoms with Gasteiger partial charge in [-0.3, -0.25) is 9.59 Å². The predicted octanol–water partition coefficient (Wildman–Crippen LogP) is 3.97. The lowest BCUT2D eigenvalue weighted by molar-refractivity contribution is -0.137. The molecule has 41 heavy (non-hydrogen) atoms. The van der Waals surface area contributed by atoms with E-state index in [1.807, 2.05) is 46.0 Å². The Kier molecular flexibility index (Phi) is 7.25. The highest BCUT2D eigenvalue weighted by atomic mass is 32.2. The molecule has 3 aliphatic heterocycles. The summed E-state index contributed by atoms with van der Waals surface area (Å²) < 4.78 is 35.5. The average molecular weight is 577 g/mol. The number of rotatable bonds is 5. The van der Waals surface area contributed by atoms with Gasteiger partial charge in [-0.05, 0) is 63.5 Å². The van der Waals surface area contributed by atoms with Gasteiger partial charge in [0.05, 0.1) is 23.8 Å². The van der Waals surface area contributed by atoms with Crippen LogP contribution in [0.1, 0.15) is 44.2 Å². The third-order valence-electron chi connectivity index (χ3n) is 8.67. The smallest absolute Gasteiger partial charge is 0.258 e. The second-order valence-corrected chi connectivity index (χ2v) is 13.2. The quantitative estimate of drug-likeness (QED) is 0.429. The Morgan fingerprint density at radius 2 is 1.76 bits per heavy atom. The van der Waals surface area contributed by atoms with Gasteiger partial charge in [0.2, 0.25) is 15.9 Å². The summed E-state index contributed by atoms with van der Waals surface area (Å²) in [7, 11) is -2.03. The summed E-state index contributed by atoms with van der Waals surface area (Å²) in [5, 5.41) is 0.925. The average Bonchev–Trinajstić information content (AvgIpc) is 3.43. The monoisotopic (exact) mass is 576 g/mol. The zero-order valence-corrected chi connectivity index (χ0v) is 24.6. The van der Waals surface area contributed by atoms with E-state index in [2.05, 4.69) is 13.8 Å². The Bertz CT molecular complexity index is 1640. The fourth-order valence-corrected chi connectivity index (χ4v) is 7.92. The van der Waals surface area contributed by atoms with Crippen LogP contribution in [0.5, 0.6) is 0 Å². The number of anilines is 1. The first-order valence-electron chi connectivity index (χ1n) is 14.3. The second kappa shape index (κ2) is 10.7. The van der Waals surface area contributed by atoms with E-state index in [4.69, 9.17) is 4.74 Å². The van der Waals surface area contributed by atoms with Crippen molar-refractivity contribution in [3.05, 3.63) is 59.8 Å². The summed E-state index contributed by atoms with van der Waals surface area (Å²) in [6, 6.07) is 13.1. The lowest BCUT2D eigenvalue weighted by Crippen LogP contribution is -2.48. The lowest BCUT2D eigenvalue weighted by atomic mass is 9.97. The number of sulfonamides is 1. The van der Waals surface area contributed by atoms with Crippen molar-refractivity contribution < 1.29 is 22.7 Å². The molecule has 2 atom stereocenters. The molecule has 0 N–H and O–H groups in total. The number of likely N-dealkylation sites (tertiary alicyclic amines) is 1. The molecule has 4 heterocycles. The molecule has 2 unspecified atom stereocenters. The highest BCUT2D eigenvalue weighted by molar-refractivity contribution is 7.89. The molecule has 216 valence electrons. The van der Waals surface area contributed by atoms with Gasteiger partial charge in [-0.15, -0.1) is 0 Å². The molecule has 10 heteroatoms. The predicted molar refractivity (Wildman–Crippen MR) is 159 cm³/mol. The Morgan fingerprint density at radius 3 is 2.49 bits per heavy atom. The normalized spacial score (nSPS) is 23.0. The summed E-state index contributed by atoms with van der Waals surface area (Å²) in [4.78, 5) is 30.6. The van der Waals surface area contributed by atoms with Crippen molar-refractivity contribution in [3.8, 4) is 0 Å². The number of ether oxygens (including phenoxy) is 1. The number of carbonyl (C=O) groups excluding carboxylic acids is 2. The number of morpholine rings is 1. The molecule has 2 saturated heterocycles. The number of para-hydroxylation sites is 1. The van der Waals surface area contributed by atoms with Crippen molar-refractivity contribution in [2.24, 2.45) is 0 Å². The Labute approximate surface area is 241 Å². The maximum absolute atomic E-state index is 13.5. The van der Waals surface area contributed by atoms with E-state index in [1.165, 1.54) is 4.31 Å². The van der Waals surface area contributed by atoms with Crippen LogP contribution in [0.3, 0.4) is 0 Å². The Morgan fingerprint density at radius 1 is 1.05 bits per heavy atom. The fraction of sp³-hybridized carbons (Fsp3) is 0.419. The number of carbonyl (C=O) groups is 2. The molecule has 3 aliphatic rings. The van der Waals surface area contributed by atoms with Crippen LogP contribution in [0.4, 0.5) is 5.69 Å². The van der Waals surface area contributed by atoms with Gasteiger partial charge in [0.1, 0.15) is 6.54 Å². The van der Waals surface area contributed by atoms with Crippen LogP contribution in [0.15, 0.2) is 53.6 Å². The molecule has 0 spiro atoms. The molecule has 3 aromatic rings. The van der Waals surface area contributed by atoms with Gasteiger partial charge in [0.15, 0.2) is 0 Å². The maximum Gasteiger partial charge on any atom is 0.258 e. The summed E-state index contributed by atoms with van der Waals surface area (Å²) >= 11 is 0. The van der Waals surface area contributed by atoms with E-state index in [1.54, 1.807) is 30.1 Å². The van der Waals surface area contributed by atoms with E-state index >= 15 is 0 Å². The Balaban J connectivity index is 1.38. The third kappa shape index (κ3) is 4.87. The number of fused-ring (bicyclic) bond motifs is 2. The van der Waals surface area contributed by atoms with Crippen LogP contribution in [0.2, 0.25) is 0 Å². The van der Waals surface area contributed by atoms with E-state index in [9.17, 15) is 18.0 Å². The van der Waals surface area contributed by atoms with Gasteiger partial charge in [-0.2, -0.15) is 4.31 Å². The third-order valence-corrected chi connectivity index (χ3v) is 10.6. The van der Waals surface area contributed by atoms with Crippen LogP contribution in [-0.2, 0) is 30.9 Å². The van der Waals surface area contributed by atoms with E-state index < -0.39 is 10.0 Å². The van der Waals surface area contributed by atoms with Crippen LogP contribution >= 0.6 is 0 Å². The van der Waals surface area contributed by atoms with Gasteiger partial charge >= 0.3 is 0 Å². The number of benzene rings is 2. The topological polar surface area (TPSA) is 92.2 Å². The summed E-state index contributed by atoms with van der Waals surface area (Å²) in [6.45, 7) is 5.76. The molecular weight excluding hydrogens is 540 g/mol. The van der Waals surface area contributed by atoms with Gasteiger partial charge in [0.25, 0.3) is 5.91 Å². The summed E-state index contributed by atoms with van der Waals surface area (Å²) in [6.07, 6.45) is 6.91. The van der Waals surface area contributed by atoms with Gasteiger partial charge < -0.3 is 19.1 Å². The number of amides is 2. The van der Waals surface area contributed by atoms with Crippen LogP contribution in [-0.4, -0.2) is 79.4 Å². The minimum Gasteiger partial charge on any atom is -0.379 e. The molecule has 0 aliphatic carbocycles. The van der Waals surface area contributed by atoms with Crippen LogP contribution in [0, 0.1) is 0 Å². The zero-order chi connectivity index (χ0) is 28.9. The SMILES string of the molecule is CC1CCCC(C)N1C(=O)Cn1cc(/C=C2\C(=O)N(C)c3ccc(S(=O)(=O)N4CCOCC4)cc32)c2ccccc21. The molecular formula is C31H36N4O5S. The molecule has 1 aromatic heterocycles. The van der Waals surface area contributed by atoms with Crippen molar-refractivity contribution in [1.82, 2.24) is 13.8 Å². The first-order valence-corrected chi connectivity index (χ1v) is 15.7. The number of likely N-dealkylation sites (N-methyl/N-ethyl adjacent to an activating group) is 1. The number of piperidine rings is 1. The highest BCUT2D eigenvalue weighted by Crippen LogP contribution is 2.39. The fourth-order valence-electron chi connectivity index (χ4n) is 6.48. The number of hydrogen-bond donors (Lipinski definition) is 0. The zero-order valence-electron chi connectivity index (χ0n) is 23.7. The standard InChI is InChI=1S/C31H36N4O5S/c1-21-7-6-8-22(2)35(21)30(36)20-33-19-23(25-9-4-5-10-29(25)33)17-27-26-18-24(11-12-28(26)32(3)31(27)37)41(38,39)34-13-15-40-16-14-34/h4-5,9-12,17-19,21-22H,6-8,13-16,20H2,1-3H3/b27-17-. The van der Waals surface area contributed by atoms with Gasteiger partial charge in [-0.25, -0.2) is 8.42 Å².